The molecule has 0 spiro atoms. The van der Waals surface area contributed by atoms with E-state index in [-0.39, 0.29) is 51.2 Å². The van der Waals surface area contributed by atoms with Crippen LogP contribution in [0.4, 0.5) is 0 Å². The summed E-state index contributed by atoms with van der Waals surface area (Å²) in [7, 11) is 0. The number of rotatable bonds is 38. The molecule has 0 aromatic carbocycles. The van der Waals surface area contributed by atoms with Gasteiger partial charge in [0, 0.05) is 39.0 Å². The first-order chi connectivity index (χ1) is 24.5. The number of allylic oxidation sites excluding steroid dienone is 4. The van der Waals surface area contributed by atoms with Gasteiger partial charge in [0.05, 0.1) is 19.3 Å². The summed E-state index contributed by atoms with van der Waals surface area (Å²) < 4.78 is 0. The molecule has 0 bridgehead atoms. The molecule has 0 saturated heterocycles. The van der Waals surface area contributed by atoms with Crippen molar-refractivity contribution in [2.45, 2.75) is 200 Å². The van der Waals surface area contributed by atoms with E-state index in [9.17, 15) is 24.9 Å². The van der Waals surface area contributed by atoms with Crippen molar-refractivity contribution < 1.29 is 24.9 Å². The van der Waals surface area contributed by atoms with Crippen LogP contribution in [0.2, 0.25) is 0 Å². The Kier molecular flexibility index (Phi) is 37.2. The molecule has 0 aliphatic carbocycles. The number of carbonyl (C=O) groups excluding carboxylic acids is 2. The number of nitrogens with zero attached hydrogens (tertiary/aromatic N) is 2. The minimum atomic E-state index is -0.927. The number of amides is 2. The fourth-order valence-corrected chi connectivity index (χ4v) is 6.45. The maximum atomic E-state index is 12.9. The van der Waals surface area contributed by atoms with Crippen molar-refractivity contribution in [1.29, 1.82) is 0 Å². The number of aliphatic hydroxyl groups excluding tert-OH is 3. The Balaban J connectivity index is 4.13. The van der Waals surface area contributed by atoms with Gasteiger partial charge < -0.3 is 25.1 Å². The van der Waals surface area contributed by atoms with Crippen molar-refractivity contribution in [2.24, 2.45) is 0 Å². The van der Waals surface area contributed by atoms with Crippen LogP contribution in [0, 0.1) is 0 Å². The van der Waals surface area contributed by atoms with Gasteiger partial charge in [-0.15, -0.1) is 0 Å². The van der Waals surface area contributed by atoms with Crippen molar-refractivity contribution >= 4 is 11.8 Å². The third-order valence-electron chi connectivity index (χ3n) is 9.61. The minimum Gasteiger partial charge on any atom is -0.395 e. The van der Waals surface area contributed by atoms with Crippen LogP contribution in [0.3, 0.4) is 0 Å². The first kappa shape index (κ1) is 48.3. The highest BCUT2D eigenvalue weighted by molar-refractivity contribution is 5.77. The second-order valence-electron chi connectivity index (χ2n) is 14.4. The Labute approximate surface area is 309 Å². The van der Waals surface area contributed by atoms with Gasteiger partial charge in [-0.25, -0.2) is 0 Å². The third-order valence-corrected chi connectivity index (χ3v) is 9.61. The molecule has 0 heterocycles. The van der Waals surface area contributed by atoms with Gasteiger partial charge in [-0.05, 0) is 64.2 Å². The molecule has 2 amide bonds. The predicted molar refractivity (Wildman–Crippen MR) is 212 cm³/mol. The Morgan fingerprint density at radius 2 is 0.740 bits per heavy atom. The first-order valence-electron chi connectivity index (χ1n) is 21.2. The Morgan fingerprint density at radius 1 is 0.460 bits per heavy atom. The average molecular weight is 707 g/mol. The molecule has 294 valence electrons. The molecule has 0 rings (SSSR count). The van der Waals surface area contributed by atoms with Gasteiger partial charge in [-0.1, -0.05) is 141 Å². The van der Waals surface area contributed by atoms with Gasteiger partial charge in [0.1, 0.15) is 0 Å². The van der Waals surface area contributed by atoms with Gasteiger partial charge in [0.2, 0.25) is 11.8 Å². The lowest BCUT2D eigenvalue weighted by Crippen LogP contribution is -2.46. The molecule has 0 radical (unpaired) electrons. The Morgan fingerprint density at radius 3 is 1.04 bits per heavy atom. The molecule has 0 aliphatic rings. The summed E-state index contributed by atoms with van der Waals surface area (Å²) in [6.45, 7) is 4.67. The van der Waals surface area contributed by atoms with Crippen molar-refractivity contribution in [3.8, 4) is 0 Å². The SMILES string of the molecule is CCCCCCCCC=CCCCCCCCC(=O)N(CCO)CC(O)CN(CCO)C(=O)CCCCCCCC=CCCCCCCCC. The molecular formula is C43H82N2O5. The van der Waals surface area contributed by atoms with E-state index in [1.54, 1.807) is 0 Å². The number of hydrogen-bond donors (Lipinski definition) is 3. The van der Waals surface area contributed by atoms with E-state index in [2.05, 4.69) is 38.2 Å². The van der Waals surface area contributed by atoms with Gasteiger partial charge in [-0.3, -0.25) is 9.59 Å². The molecule has 0 saturated carbocycles. The fourth-order valence-electron chi connectivity index (χ4n) is 6.45. The molecule has 0 aromatic heterocycles. The van der Waals surface area contributed by atoms with Crippen LogP contribution in [0.15, 0.2) is 24.3 Å². The van der Waals surface area contributed by atoms with E-state index in [4.69, 9.17) is 0 Å². The van der Waals surface area contributed by atoms with Crippen LogP contribution in [-0.2, 0) is 9.59 Å². The van der Waals surface area contributed by atoms with Crippen molar-refractivity contribution in [2.75, 3.05) is 39.4 Å². The van der Waals surface area contributed by atoms with Crippen molar-refractivity contribution in [3.05, 3.63) is 24.3 Å². The highest BCUT2D eigenvalue weighted by Crippen LogP contribution is 2.13. The molecule has 7 heteroatoms. The van der Waals surface area contributed by atoms with Crippen LogP contribution >= 0.6 is 0 Å². The molecule has 7 nitrogen and oxygen atoms in total. The molecule has 0 atom stereocenters. The van der Waals surface area contributed by atoms with Gasteiger partial charge in [0.15, 0.2) is 0 Å². The standard InChI is InChI=1S/C43H82N2O5/c1-3-5-7-9-11-13-15-17-19-21-23-25-27-29-31-33-42(49)44(35-37-46)39-41(48)40-45(36-38-47)43(50)34-32-30-28-26-24-22-20-18-16-14-12-10-8-6-4-2/h17-20,41,46-48H,3-16,21-40H2,1-2H3. The number of unbranched alkanes of at least 4 members (excludes halogenated alkanes) is 22. The summed E-state index contributed by atoms with van der Waals surface area (Å²) in [6.07, 6.45) is 40.5. The van der Waals surface area contributed by atoms with Crippen LogP contribution in [0.1, 0.15) is 194 Å². The summed E-state index contributed by atoms with van der Waals surface area (Å²) in [6, 6.07) is 0. The van der Waals surface area contributed by atoms with Crippen LogP contribution < -0.4 is 0 Å². The Hall–Kier alpha value is -1.70. The number of carbonyl (C=O) groups is 2. The highest BCUT2D eigenvalue weighted by atomic mass is 16.3. The van der Waals surface area contributed by atoms with Gasteiger partial charge in [-0.2, -0.15) is 0 Å². The minimum absolute atomic E-state index is 0.0657. The topological polar surface area (TPSA) is 101 Å². The van der Waals surface area contributed by atoms with E-state index < -0.39 is 6.10 Å². The normalized spacial score (nSPS) is 12.3. The van der Waals surface area contributed by atoms with Crippen LogP contribution in [-0.4, -0.2) is 82.4 Å². The van der Waals surface area contributed by atoms with Gasteiger partial charge >= 0.3 is 0 Å². The van der Waals surface area contributed by atoms with Crippen molar-refractivity contribution in [1.82, 2.24) is 9.80 Å². The molecule has 3 N–H and O–H groups in total. The van der Waals surface area contributed by atoms with E-state index in [0.29, 0.717) is 12.8 Å². The van der Waals surface area contributed by atoms with Gasteiger partial charge in [0.25, 0.3) is 0 Å². The summed E-state index contributed by atoms with van der Waals surface area (Å²) in [5.74, 6) is -0.131. The molecule has 0 aliphatic heterocycles. The zero-order valence-corrected chi connectivity index (χ0v) is 33.0. The van der Waals surface area contributed by atoms with E-state index in [1.807, 2.05) is 0 Å². The zero-order valence-electron chi connectivity index (χ0n) is 33.0. The fraction of sp³-hybridized carbons (Fsp3) is 0.860. The van der Waals surface area contributed by atoms with Crippen LogP contribution in [0.5, 0.6) is 0 Å². The smallest absolute Gasteiger partial charge is 0.222 e. The Bertz CT molecular complexity index is 738. The summed E-state index contributed by atoms with van der Waals surface area (Å²) in [4.78, 5) is 28.8. The summed E-state index contributed by atoms with van der Waals surface area (Å²) >= 11 is 0. The monoisotopic (exact) mass is 707 g/mol. The lowest BCUT2D eigenvalue weighted by Gasteiger charge is -2.29. The van der Waals surface area contributed by atoms with E-state index in [0.717, 1.165) is 51.4 Å². The lowest BCUT2D eigenvalue weighted by atomic mass is 10.1. The highest BCUT2D eigenvalue weighted by Gasteiger charge is 2.21. The maximum absolute atomic E-state index is 12.9. The second kappa shape index (κ2) is 38.5. The molecular weight excluding hydrogens is 624 g/mol. The number of aliphatic hydroxyl groups is 3. The third kappa shape index (κ3) is 32.2. The number of hydrogen-bond acceptors (Lipinski definition) is 5. The molecule has 0 aromatic rings. The van der Waals surface area contributed by atoms with Crippen molar-refractivity contribution in [3.63, 3.8) is 0 Å². The average Bonchev–Trinajstić information content (AvgIpc) is 3.11. The quantitative estimate of drug-likeness (QED) is 0.0438. The largest absolute Gasteiger partial charge is 0.395 e. The maximum Gasteiger partial charge on any atom is 0.222 e. The second-order valence-corrected chi connectivity index (χ2v) is 14.4. The lowest BCUT2D eigenvalue weighted by molar-refractivity contribution is -0.135. The first-order valence-corrected chi connectivity index (χ1v) is 21.2. The zero-order chi connectivity index (χ0) is 36.8. The predicted octanol–water partition coefficient (Wildman–Crippen LogP) is 10.1. The van der Waals surface area contributed by atoms with E-state index in [1.165, 1.54) is 125 Å². The molecule has 0 unspecified atom stereocenters. The van der Waals surface area contributed by atoms with E-state index >= 15 is 0 Å². The molecule has 0 fully saturated rings. The van der Waals surface area contributed by atoms with Crippen LogP contribution in [0.25, 0.3) is 0 Å². The summed E-state index contributed by atoms with van der Waals surface area (Å²) in [5, 5.41) is 29.9. The molecule has 50 heavy (non-hydrogen) atoms. The summed E-state index contributed by atoms with van der Waals surface area (Å²) in [5.41, 5.74) is 0.